The van der Waals surface area contributed by atoms with Crippen LogP contribution in [0, 0.1) is 5.82 Å². The van der Waals surface area contributed by atoms with E-state index < -0.39 is 5.82 Å². The maximum Gasteiger partial charge on any atom is 0.164 e. The van der Waals surface area contributed by atoms with Crippen LogP contribution in [0.3, 0.4) is 0 Å². The standard InChI is InChI=1S/C19H18FN3O/c1-13(24)17-15(20)9-6-10-16(17)22-18(14-7-4-3-5-8-14)19-21-11-12-23(19)2/h3-12,18,22H,1-2H3/t18-/m0/s1. The van der Waals surface area contributed by atoms with E-state index in [1.165, 1.54) is 13.0 Å². The molecule has 0 unspecified atom stereocenters. The molecule has 4 nitrogen and oxygen atoms in total. The van der Waals surface area contributed by atoms with Crippen LogP contribution < -0.4 is 5.32 Å². The van der Waals surface area contributed by atoms with Crippen molar-refractivity contribution in [1.29, 1.82) is 0 Å². The molecule has 2 aromatic carbocycles. The first-order chi connectivity index (χ1) is 11.6. The summed E-state index contributed by atoms with van der Waals surface area (Å²) < 4.78 is 16.0. The summed E-state index contributed by atoms with van der Waals surface area (Å²) in [7, 11) is 1.90. The molecular weight excluding hydrogens is 305 g/mol. The normalized spacial score (nSPS) is 12.0. The highest BCUT2D eigenvalue weighted by molar-refractivity contribution is 5.99. The van der Waals surface area contributed by atoms with Gasteiger partial charge >= 0.3 is 0 Å². The highest BCUT2D eigenvalue weighted by Crippen LogP contribution is 2.28. The van der Waals surface area contributed by atoms with Gasteiger partial charge in [0.25, 0.3) is 0 Å². The Hall–Kier alpha value is -2.95. The van der Waals surface area contributed by atoms with E-state index >= 15 is 0 Å². The number of rotatable bonds is 5. The van der Waals surface area contributed by atoms with Crippen molar-refractivity contribution in [1.82, 2.24) is 9.55 Å². The second kappa shape index (κ2) is 6.66. The van der Waals surface area contributed by atoms with E-state index in [1.54, 1.807) is 18.3 Å². The summed E-state index contributed by atoms with van der Waals surface area (Å²) in [5.74, 6) is -0.0682. The van der Waals surface area contributed by atoms with Crippen molar-refractivity contribution < 1.29 is 9.18 Å². The minimum absolute atomic E-state index is 0.0626. The lowest BCUT2D eigenvalue weighted by molar-refractivity contribution is 0.101. The zero-order valence-electron chi connectivity index (χ0n) is 13.5. The third kappa shape index (κ3) is 3.06. The molecule has 1 heterocycles. The van der Waals surface area contributed by atoms with Crippen molar-refractivity contribution in [2.75, 3.05) is 5.32 Å². The number of nitrogens with one attached hydrogen (secondary N) is 1. The van der Waals surface area contributed by atoms with Gasteiger partial charge in [0.15, 0.2) is 5.78 Å². The molecule has 5 heteroatoms. The highest BCUT2D eigenvalue weighted by atomic mass is 19.1. The molecule has 1 aromatic heterocycles. The number of anilines is 1. The van der Waals surface area contributed by atoms with Crippen LogP contribution in [0.4, 0.5) is 10.1 Å². The first-order valence-corrected chi connectivity index (χ1v) is 7.66. The van der Waals surface area contributed by atoms with Crippen molar-refractivity contribution in [3.8, 4) is 0 Å². The van der Waals surface area contributed by atoms with Gasteiger partial charge in [-0.05, 0) is 24.6 Å². The molecule has 0 spiro atoms. The van der Waals surface area contributed by atoms with E-state index in [0.29, 0.717) is 5.69 Å². The number of aryl methyl sites for hydroxylation is 1. The Morgan fingerprint density at radius 1 is 1.17 bits per heavy atom. The lowest BCUT2D eigenvalue weighted by Gasteiger charge is -2.22. The number of Topliss-reactive ketones (excluding diaryl/α,β-unsaturated/α-hetero) is 1. The van der Waals surface area contributed by atoms with Crippen LogP contribution in [0.5, 0.6) is 0 Å². The Balaban J connectivity index is 2.08. The van der Waals surface area contributed by atoms with Gasteiger partial charge in [-0.2, -0.15) is 0 Å². The molecule has 0 aliphatic carbocycles. The largest absolute Gasteiger partial charge is 0.371 e. The fourth-order valence-electron chi connectivity index (χ4n) is 2.76. The van der Waals surface area contributed by atoms with Gasteiger partial charge in [0.2, 0.25) is 0 Å². The number of nitrogens with zero attached hydrogens (tertiary/aromatic N) is 2. The summed E-state index contributed by atoms with van der Waals surface area (Å²) in [6.07, 6.45) is 3.56. The van der Waals surface area contributed by atoms with E-state index in [2.05, 4.69) is 10.3 Å². The van der Waals surface area contributed by atoms with Crippen molar-refractivity contribution in [2.45, 2.75) is 13.0 Å². The van der Waals surface area contributed by atoms with Gasteiger partial charge in [0.05, 0.1) is 5.56 Å². The SMILES string of the molecule is CC(=O)c1c(F)cccc1N[C@@H](c1ccccc1)c1nccn1C. The van der Waals surface area contributed by atoms with Gasteiger partial charge in [-0.15, -0.1) is 0 Å². The number of hydrogen-bond acceptors (Lipinski definition) is 3. The maximum absolute atomic E-state index is 14.1. The molecular formula is C19H18FN3O. The Kier molecular flexibility index (Phi) is 4.42. The fraction of sp³-hybridized carbons (Fsp3) is 0.158. The van der Waals surface area contributed by atoms with E-state index in [0.717, 1.165) is 11.4 Å². The van der Waals surface area contributed by atoms with Gasteiger partial charge in [0, 0.05) is 25.1 Å². The zero-order chi connectivity index (χ0) is 17.1. The van der Waals surface area contributed by atoms with Crippen LogP contribution >= 0.6 is 0 Å². The number of halogens is 1. The van der Waals surface area contributed by atoms with Crippen LogP contribution in [0.25, 0.3) is 0 Å². The van der Waals surface area contributed by atoms with Crippen LogP contribution in [0.15, 0.2) is 60.9 Å². The van der Waals surface area contributed by atoms with E-state index in [1.807, 2.05) is 48.1 Å². The quantitative estimate of drug-likeness (QED) is 0.723. The molecule has 0 fully saturated rings. The molecule has 0 radical (unpaired) electrons. The zero-order valence-corrected chi connectivity index (χ0v) is 13.5. The number of benzene rings is 2. The van der Waals surface area contributed by atoms with Crippen molar-refractivity contribution in [2.24, 2.45) is 7.05 Å². The van der Waals surface area contributed by atoms with Crippen LogP contribution in [-0.2, 0) is 7.05 Å². The maximum atomic E-state index is 14.1. The second-order valence-electron chi connectivity index (χ2n) is 5.60. The number of imidazole rings is 1. The highest BCUT2D eigenvalue weighted by Gasteiger charge is 2.21. The number of carbonyl (C=O) groups excluding carboxylic acids is 1. The summed E-state index contributed by atoms with van der Waals surface area (Å²) >= 11 is 0. The van der Waals surface area contributed by atoms with Crippen LogP contribution in [-0.4, -0.2) is 15.3 Å². The van der Waals surface area contributed by atoms with E-state index in [-0.39, 0.29) is 17.4 Å². The predicted octanol–water partition coefficient (Wildman–Crippen LogP) is 3.96. The van der Waals surface area contributed by atoms with Crippen molar-refractivity contribution in [3.05, 3.63) is 83.7 Å². The number of carbonyl (C=O) groups is 1. The summed E-state index contributed by atoms with van der Waals surface area (Å²) in [5.41, 5.74) is 1.50. The smallest absolute Gasteiger partial charge is 0.164 e. The molecule has 122 valence electrons. The molecule has 0 bridgehead atoms. The Bertz CT molecular complexity index is 858. The molecule has 3 aromatic rings. The first kappa shape index (κ1) is 15.9. The van der Waals surface area contributed by atoms with Gasteiger partial charge < -0.3 is 9.88 Å². The Labute approximate surface area is 140 Å². The minimum Gasteiger partial charge on any atom is -0.371 e. The van der Waals surface area contributed by atoms with Crippen molar-refractivity contribution in [3.63, 3.8) is 0 Å². The fourth-order valence-corrected chi connectivity index (χ4v) is 2.76. The topological polar surface area (TPSA) is 46.9 Å². The number of hydrogen-bond donors (Lipinski definition) is 1. The van der Waals surface area contributed by atoms with E-state index in [9.17, 15) is 9.18 Å². The summed E-state index contributed by atoms with van der Waals surface area (Å²) in [6.45, 7) is 1.36. The lowest BCUT2D eigenvalue weighted by Crippen LogP contribution is -2.18. The van der Waals surface area contributed by atoms with Gasteiger partial charge in [-0.3, -0.25) is 4.79 Å². The van der Waals surface area contributed by atoms with Crippen LogP contribution in [0.2, 0.25) is 0 Å². The predicted molar refractivity (Wildman–Crippen MR) is 91.5 cm³/mol. The first-order valence-electron chi connectivity index (χ1n) is 7.66. The third-order valence-electron chi connectivity index (χ3n) is 3.92. The average molecular weight is 323 g/mol. The molecule has 0 aliphatic heterocycles. The van der Waals surface area contributed by atoms with Gasteiger partial charge in [-0.25, -0.2) is 9.37 Å². The Morgan fingerprint density at radius 2 is 1.92 bits per heavy atom. The molecule has 3 rings (SSSR count). The molecule has 0 amide bonds. The Morgan fingerprint density at radius 3 is 2.54 bits per heavy atom. The molecule has 0 saturated carbocycles. The molecule has 1 N–H and O–H groups in total. The van der Waals surface area contributed by atoms with Crippen molar-refractivity contribution >= 4 is 11.5 Å². The summed E-state index contributed by atoms with van der Waals surface area (Å²) in [6, 6.07) is 14.0. The number of aromatic nitrogens is 2. The lowest BCUT2D eigenvalue weighted by atomic mass is 10.0. The van der Waals surface area contributed by atoms with Crippen LogP contribution in [0.1, 0.15) is 34.7 Å². The molecule has 1 atom stereocenters. The average Bonchev–Trinajstić information content (AvgIpc) is 2.99. The number of ketones is 1. The van der Waals surface area contributed by atoms with Gasteiger partial charge in [-0.1, -0.05) is 36.4 Å². The molecule has 24 heavy (non-hydrogen) atoms. The second-order valence-corrected chi connectivity index (χ2v) is 5.60. The summed E-state index contributed by atoms with van der Waals surface area (Å²) in [4.78, 5) is 16.3. The van der Waals surface area contributed by atoms with E-state index in [4.69, 9.17) is 0 Å². The molecule has 0 saturated heterocycles. The van der Waals surface area contributed by atoms with Gasteiger partial charge in [0.1, 0.15) is 17.7 Å². The molecule has 0 aliphatic rings. The summed E-state index contributed by atoms with van der Waals surface area (Å²) in [5, 5.41) is 3.29. The minimum atomic E-state index is -0.529. The third-order valence-corrected chi connectivity index (χ3v) is 3.92. The monoisotopic (exact) mass is 323 g/mol.